The topological polar surface area (TPSA) is 289 Å². The molecule has 23 nitrogen and oxygen atoms in total. The highest BCUT2D eigenvalue weighted by molar-refractivity contribution is 5.69. The van der Waals surface area contributed by atoms with Gasteiger partial charge in [0.15, 0.2) is 55.3 Å². The molecule has 0 spiro atoms. The molecule has 61 heavy (non-hydrogen) atoms. The number of hydrogen-bond donors (Lipinski definition) is 2. The summed E-state index contributed by atoms with van der Waals surface area (Å²) in [5, 5.41) is 21.9. The van der Waals surface area contributed by atoms with Crippen LogP contribution in [-0.2, 0) is 90.4 Å². The van der Waals surface area contributed by atoms with E-state index >= 15 is 0 Å². The second-order valence-corrected chi connectivity index (χ2v) is 13.8. The molecule has 2 N–H and O–H groups in total. The van der Waals surface area contributed by atoms with E-state index in [1.165, 1.54) is 19.2 Å². The Morgan fingerprint density at radius 3 is 1.39 bits per heavy atom. The highest BCUT2D eigenvalue weighted by atomic mass is 16.8. The van der Waals surface area contributed by atoms with Crippen LogP contribution in [0.4, 0.5) is 0 Å². The average Bonchev–Trinajstić information content (AvgIpc) is 3.16. The number of carbonyl (C=O) groups is 7. The average molecular weight is 875 g/mol. The van der Waals surface area contributed by atoms with Crippen molar-refractivity contribution in [2.75, 3.05) is 26.9 Å². The van der Waals surface area contributed by atoms with E-state index < -0.39 is 148 Å². The zero-order chi connectivity index (χ0) is 45.1. The van der Waals surface area contributed by atoms with Crippen LogP contribution in [0.15, 0.2) is 24.3 Å². The number of esters is 7. The Hall–Kier alpha value is -5.17. The normalized spacial score (nSPS) is 32.2. The maximum absolute atomic E-state index is 12.6. The fraction of sp³-hybridized carbons (Fsp3) is 0.658. The highest BCUT2D eigenvalue weighted by Gasteiger charge is 2.58. The summed E-state index contributed by atoms with van der Waals surface area (Å²) >= 11 is 0. The Kier molecular flexibility index (Phi) is 17.6. The third-order valence-corrected chi connectivity index (χ3v) is 8.92. The number of hydrogen-bond acceptors (Lipinski definition) is 23. The van der Waals surface area contributed by atoms with Crippen molar-refractivity contribution in [1.29, 1.82) is 0 Å². The summed E-state index contributed by atoms with van der Waals surface area (Å²) in [5.41, 5.74) is 0. The van der Waals surface area contributed by atoms with Gasteiger partial charge in [-0.05, 0) is 24.3 Å². The minimum absolute atomic E-state index is 0.155. The van der Waals surface area contributed by atoms with Crippen LogP contribution >= 0.6 is 0 Å². The van der Waals surface area contributed by atoms with Gasteiger partial charge in [0.2, 0.25) is 6.29 Å². The van der Waals surface area contributed by atoms with Crippen molar-refractivity contribution < 1.29 is 110 Å². The van der Waals surface area contributed by atoms with Crippen LogP contribution < -0.4 is 9.47 Å². The summed E-state index contributed by atoms with van der Waals surface area (Å²) < 4.78 is 80.1. The third-order valence-electron chi connectivity index (χ3n) is 8.92. The predicted octanol–water partition coefficient (Wildman–Crippen LogP) is -0.843. The van der Waals surface area contributed by atoms with E-state index in [4.69, 9.17) is 66.3 Å². The van der Waals surface area contributed by atoms with Gasteiger partial charge in [-0.1, -0.05) is 0 Å². The standard InChI is InChI=1S/C38H50O23/c1-16(40)49-15-27-30(52-18(3)42)32(54-20(5)44)35(56-22(7)46)38(59-27)61-33-28(25(47)14-50-36(33)57-24-11-9-23(48-8)10-12-24)60-37-34(55-21(6)45)31(53-19(4)43)29(51-17(2)41)26(13-39)58-37/h9-12,25-39,47H,13-15H2,1-8H3/t25-,26+,27+,28-,29-,30-,31-,32-,33+,34+,35+,36-,37-,38-/m0/s1. The molecule has 1 aromatic rings. The molecule has 14 atom stereocenters. The van der Waals surface area contributed by atoms with E-state index in [-0.39, 0.29) is 5.75 Å². The molecule has 340 valence electrons. The Morgan fingerprint density at radius 2 is 0.951 bits per heavy atom. The van der Waals surface area contributed by atoms with Crippen molar-refractivity contribution >= 4 is 41.8 Å². The first-order valence-corrected chi connectivity index (χ1v) is 18.8. The second kappa shape index (κ2) is 22.1. The lowest BCUT2D eigenvalue weighted by atomic mass is 9.97. The molecule has 23 heteroatoms. The number of benzene rings is 1. The van der Waals surface area contributed by atoms with Crippen LogP contribution in [-0.4, -0.2) is 165 Å². The summed E-state index contributed by atoms with van der Waals surface area (Å²) in [6.07, 6.45) is -23.3. The first-order chi connectivity index (χ1) is 28.8. The van der Waals surface area contributed by atoms with Crippen molar-refractivity contribution in [3.05, 3.63) is 24.3 Å². The van der Waals surface area contributed by atoms with Gasteiger partial charge in [0, 0.05) is 48.5 Å². The van der Waals surface area contributed by atoms with Gasteiger partial charge in [-0.25, -0.2) is 0 Å². The smallest absolute Gasteiger partial charge is 0.303 e. The molecule has 0 aromatic heterocycles. The molecule has 0 radical (unpaired) electrons. The summed E-state index contributed by atoms with van der Waals surface area (Å²) in [6.45, 7) is 5.25. The maximum atomic E-state index is 12.6. The molecular formula is C38H50O23. The summed E-state index contributed by atoms with van der Waals surface area (Å²) in [6, 6.07) is 6.11. The van der Waals surface area contributed by atoms with E-state index in [9.17, 15) is 43.8 Å². The summed E-state index contributed by atoms with van der Waals surface area (Å²) in [7, 11) is 1.44. The van der Waals surface area contributed by atoms with E-state index in [0.717, 1.165) is 48.5 Å². The molecule has 1 aromatic carbocycles. The Balaban J connectivity index is 1.86. The van der Waals surface area contributed by atoms with Crippen molar-refractivity contribution in [2.45, 2.75) is 134 Å². The Morgan fingerprint density at radius 1 is 0.541 bits per heavy atom. The molecule has 0 amide bonds. The molecule has 0 bridgehead atoms. The lowest BCUT2D eigenvalue weighted by Crippen LogP contribution is -2.67. The van der Waals surface area contributed by atoms with E-state index in [2.05, 4.69) is 0 Å². The number of rotatable bonds is 16. The van der Waals surface area contributed by atoms with Gasteiger partial charge in [0.1, 0.15) is 42.5 Å². The summed E-state index contributed by atoms with van der Waals surface area (Å²) in [5.74, 6) is -5.67. The fourth-order valence-electron chi connectivity index (χ4n) is 6.68. The Labute approximate surface area is 348 Å². The molecule has 0 saturated carbocycles. The molecule has 0 unspecified atom stereocenters. The van der Waals surface area contributed by atoms with E-state index in [1.807, 2.05) is 0 Å². The first kappa shape index (κ1) is 48.5. The highest BCUT2D eigenvalue weighted by Crippen LogP contribution is 2.37. The zero-order valence-corrected chi connectivity index (χ0v) is 34.5. The number of aliphatic hydroxyl groups is 2. The van der Waals surface area contributed by atoms with Gasteiger partial charge in [0.25, 0.3) is 0 Å². The van der Waals surface area contributed by atoms with Crippen molar-refractivity contribution in [2.24, 2.45) is 0 Å². The molecule has 3 fully saturated rings. The summed E-state index contributed by atoms with van der Waals surface area (Å²) in [4.78, 5) is 86.3. The van der Waals surface area contributed by atoms with Crippen molar-refractivity contribution in [1.82, 2.24) is 0 Å². The molecular weight excluding hydrogens is 824 g/mol. The molecule has 3 heterocycles. The van der Waals surface area contributed by atoms with Crippen molar-refractivity contribution in [3.63, 3.8) is 0 Å². The SMILES string of the molecule is COc1ccc(O[C@@H]2OC[C@H](O)[C@H](O[C@@H]3O[C@H](CO)[C@H](OC(C)=O)[C@H](OC(C)=O)[C@H]3OC(C)=O)[C@H]2O[C@@H]2O[C@H](COC(C)=O)[C@H](OC(C)=O)[C@H](OC(C)=O)[C@H]2OC(C)=O)cc1. The predicted molar refractivity (Wildman–Crippen MR) is 193 cm³/mol. The number of methoxy groups -OCH3 is 1. The number of carbonyl (C=O) groups excluding carboxylic acids is 7. The Bertz CT molecular complexity index is 1700. The minimum atomic E-state index is -1.88. The van der Waals surface area contributed by atoms with Gasteiger partial charge in [-0.3, -0.25) is 33.6 Å². The van der Waals surface area contributed by atoms with Crippen LogP contribution in [0.2, 0.25) is 0 Å². The van der Waals surface area contributed by atoms with Gasteiger partial charge in [-0.15, -0.1) is 0 Å². The maximum Gasteiger partial charge on any atom is 0.303 e. The van der Waals surface area contributed by atoms with E-state index in [0.29, 0.717) is 5.75 Å². The molecule has 3 aliphatic rings. The zero-order valence-electron chi connectivity index (χ0n) is 34.5. The quantitative estimate of drug-likeness (QED) is 0.151. The van der Waals surface area contributed by atoms with Crippen LogP contribution in [0.25, 0.3) is 0 Å². The number of aliphatic hydroxyl groups excluding tert-OH is 2. The fourth-order valence-corrected chi connectivity index (χ4v) is 6.68. The van der Waals surface area contributed by atoms with Gasteiger partial charge >= 0.3 is 41.8 Å². The van der Waals surface area contributed by atoms with Crippen LogP contribution in [0.1, 0.15) is 48.5 Å². The monoisotopic (exact) mass is 874 g/mol. The molecule has 0 aliphatic carbocycles. The molecule has 3 aliphatic heterocycles. The minimum Gasteiger partial charge on any atom is -0.497 e. The van der Waals surface area contributed by atoms with Gasteiger partial charge in [0.05, 0.1) is 20.3 Å². The van der Waals surface area contributed by atoms with Crippen LogP contribution in [0.3, 0.4) is 0 Å². The lowest BCUT2D eigenvalue weighted by Gasteiger charge is -2.49. The van der Waals surface area contributed by atoms with Gasteiger partial charge < -0.3 is 76.5 Å². The van der Waals surface area contributed by atoms with Crippen molar-refractivity contribution in [3.8, 4) is 11.5 Å². The second-order valence-electron chi connectivity index (χ2n) is 13.8. The van der Waals surface area contributed by atoms with Crippen LogP contribution in [0, 0.1) is 0 Å². The van der Waals surface area contributed by atoms with Crippen LogP contribution in [0.5, 0.6) is 11.5 Å². The molecule has 4 rings (SSSR count). The molecule has 3 saturated heterocycles. The number of ether oxygens (including phenoxy) is 14. The third kappa shape index (κ3) is 13.4. The van der Waals surface area contributed by atoms with Gasteiger partial charge in [-0.2, -0.15) is 0 Å². The first-order valence-electron chi connectivity index (χ1n) is 18.8. The largest absolute Gasteiger partial charge is 0.497 e. The lowest BCUT2D eigenvalue weighted by molar-refractivity contribution is -0.376. The van der Waals surface area contributed by atoms with E-state index in [1.54, 1.807) is 12.1 Å².